The van der Waals surface area contributed by atoms with Crippen LogP contribution in [-0.2, 0) is 34.2 Å². The zero-order chi connectivity index (χ0) is 25.9. The van der Waals surface area contributed by atoms with Crippen LogP contribution in [0.5, 0.6) is 0 Å². The molecule has 1 aromatic heterocycles. The van der Waals surface area contributed by atoms with Crippen LogP contribution in [0.2, 0.25) is 0 Å². The van der Waals surface area contributed by atoms with Crippen LogP contribution in [0.1, 0.15) is 49.4 Å². The van der Waals surface area contributed by atoms with Crippen LogP contribution >= 0.6 is 11.3 Å². The normalized spacial score (nSPS) is 18.9. The van der Waals surface area contributed by atoms with Crippen molar-refractivity contribution in [2.45, 2.75) is 63.4 Å². The Hall–Kier alpha value is -2.05. The molecule has 0 radical (unpaired) electrons. The number of anilines is 1. The maximum absolute atomic E-state index is 13.7. The van der Waals surface area contributed by atoms with Gasteiger partial charge in [0.1, 0.15) is 10.9 Å². The van der Waals surface area contributed by atoms with E-state index in [1.165, 1.54) is 11.3 Å². The number of aliphatic hydroxyl groups excluding tert-OH is 1. The second-order valence-corrected chi connectivity index (χ2v) is 13.2. The molecule has 2 aliphatic rings. The van der Waals surface area contributed by atoms with Gasteiger partial charge in [0.2, 0.25) is 15.9 Å². The van der Waals surface area contributed by atoms with Crippen LogP contribution in [0.4, 0.5) is 5.69 Å². The van der Waals surface area contributed by atoms with Crippen molar-refractivity contribution in [1.29, 1.82) is 0 Å². The lowest BCUT2D eigenvalue weighted by Gasteiger charge is -2.35. The molecule has 3 heterocycles. The van der Waals surface area contributed by atoms with Gasteiger partial charge in [-0.25, -0.2) is 13.4 Å². The summed E-state index contributed by atoms with van der Waals surface area (Å²) >= 11 is 1.38. The number of sulfonamides is 1. The third kappa shape index (κ3) is 6.25. The summed E-state index contributed by atoms with van der Waals surface area (Å²) < 4.78 is 30.1. The number of aromatic nitrogens is 1. The van der Waals surface area contributed by atoms with Gasteiger partial charge >= 0.3 is 0 Å². The fourth-order valence-electron chi connectivity index (χ4n) is 5.04. The van der Waals surface area contributed by atoms with Crippen molar-refractivity contribution in [3.8, 4) is 0 Å². The zero-order valence-electron chi connectivity index (χ0n) is 21.0. The minimum absolute atomic E-state index is 0.0228. The first-order valence-electron chi connectivity index (χ1n) is 12.5. The predicted octanol–water partition coefficient (Wildman–Crippen LogP) is 2.11. The van der Waals surface area contributed by atoms with Gasteiger partial charge in [0, 0.05) is 44.6 Å². The second-order valence-electron chi connectivity index (χ2n) is 10.6. The van der Waals surface area contributed by atoms with Crippen molar-refractivity contribution < 1.29 is 18.3 Å². The van der Waals surface area contributed by atoms with Crippen molar-refractivity contribution in [1.82, 2.24) is 14.6 Å². The van der Waals surface area contributed by atoms with E-state index in [9.17, 15) is 18.3 Å². The SMILES string of the molecule is CC1(C)CNc2c(cccc2S(=O)(=O)NC(Cc2nc(CN)cs2)C(=O)N2CCC(CCO)CC2)C1. The predicted molar refractivity (Wildman–Crippen MR) is 141 cm³/mol. The summed E-state index contributed by atoms with van der Waals surface area (Å²) in [6, 6.07) is 4.32. The molecular weight excluding hydrogens is 498 g/mol. The summed E-state index contributed by atoms with van der Waals surface area (Å²) in [5.41, 5.74) is 8.01. The van der Waals surface area contributed by atoms with Crippen LogP contribution in [0.3, 0.4) is 0 Å². The van der Waals surface area contributed by atoms with Crippen molar-refractivity contribution >= 4 is 33.0 Å². The molecule has 0 saturated carbocycles. The van der Waals surface area contributed by atoms with Crippen molar-refractivity contribution in [3.05, 3.63) is 39.8 Å². The first kappa shape index (κ1) is 27.0. The molecular formula is C25H37N5O4S2. The van der Waals surface area contributed by atoms with Crippen LogP contribution in [0.15, 0.2) is 28.5 Å². The number of hydrogen-bond donors (Lipinski definition) is 4. The monoisotopic (exact) mass is 535 g/mol. The Morgan fingerprint density at radius 1 is 1.36 bits per heavy atom. The number of aliphatic hydroxyl groups is 1. The minimum atomic E-state index is -4.00. The molecule has 4 rings (SSSR count). The molecule has 1 unspecified atom stereocenters. The van der Waals surface area contributed by atoms with E-state index < -0.39 is 16.1 Å². The fraction of sp³-hybridized carbons (Fsp3) is 0.600. The molecule has 2 aromatic rings. The maximum atomic E-state index is 13.7. The van der Waals surface area contributed by atoms with Gasteiger partial charge in [0.15, 0.2) is 0 Å². The van der Waals surface area contributed by atoms with Gasteiger partial charge in [0.05, 0.1) is 16.4 Å². The fourth-order valence-corrected chi connectivity index (χ4v) is 7.31. The number of carbonyl (C=O) groups is 1. The van der Waals surface area contributed by atoms with Gasteiger partial charge in [-0.2, -0.15) is 4.72 Å². The van der Waals surface area contributed by atoms with Gasteiger partial charge in [-0.05, 0) is 48.6 Å². The first-order valence-corrected chi connectivity index (χ1v) is 14.9. The number of likely N-dealkylation sites (tertiary alicyclic amines) is 1. The Morgan fingerprint density at radius 3 is 2.78 bits per heavy atom. The Bertz CT molecular complexity index is 1170. The number of fused-ring (bicyclic) bond motifs is 1. The average Bonchev–Trinajstić information content (AvgIpc) is 3.30. The van der Waals surface area contributed by atoms with Gasteiger partial charge in [0.25, 0.3) is 0 Å². The molecule has 1 amide bonds. The third-order valence-electron chi connectivity index (χ3n) is 7.06. The molecule has 5 N–H and O–H groups in total. The second kappa shape index (κ2) is 11.1. The number of thiazole rings is 1. The number of para-hydroxylation sites is 1. The van der Waals surface area contributed by atoms with E-state index in [2.05, 4.69) is 28.9 Å². The van der Waals surface area contributed by atoms with Crippen molar-refractivity contribution in [2.24, 2.45) is 17.1 Å². The highest BCUT2D eigenvalue weighted by molar-refractivity contribution is 7.89. The lowest BCUT2D eigenvalue weighted by atomic mass is 9.82. The number of nitrogens with two attached hydrogens (primary N) is 1. The molecule has 1 saturated heterocycles. The first-order chi connectivity index (χ1) is 17.1. The van der Waals surface area contributed by atoms with E-state index in [1.807, 2.05) is 11.4 Å². The smallest absolute Gasteiger partial charge is 0.243 e. The molecule has 0 spiro atoms. The van der Waals surface area contributed by atoms with Crippen molar-refractivity contribution in [2.75, 3.05) is 31.6 Å². The molecule has 9 nitrogen and oxygen atoms in total. The van der Waals surface area contributed by atoms with Crippen LogP contribution in [0.25, 0.3) is 0 Å². The lowest BCUT2D eigenvalue weighted by Crippen LogP contribution is -2.51. The van der Waals surface area contributed by atoms with Crippen LogP contribution in [-0.4, -0.2) is 61.6 Å². The third-order valence-corrected chi connectivity index (χ3v) is 9.50. The van der Waals surface area contributed by atoms with E-state index in [-0.39, 0.29) is 35.8 Å². The minimum Gasteiger partial charge on any atom is -0.396 e. The van der Waals surface area contributed by atoms with Gasteiger partial charge < -0.3 is 21.1 Å². The van der Waals surface area contributed by atoms with Gasteiger partial charge in [-0.3, -0.25) is 4.79 Å². The molecule has 1 aromatic carbocycles. The van der Waals surface area contributed by atoms with Crippen molar-refractivity contribution in [3.63, 3.8) is 0 Å². The number of hydrogen-bond acceptors (Lipinski definition) is 8. The summed E-state index contributed by atoms with van der Waals surface area (Å²) in [6.07, 6.45) is 3.25. The molecule has 198 valence electrons. The van der Waals surface area contributed by atoms with E-state index in [0.717, 1.165) is 36.9 Å². The standard InChI is InChI=1S/C25H37N5O4S2/c1-25(2)13-18-4-3-5-21(23(18)27-16-25)36(33,34)29-20(12-22-28-19(14-26)15-35-22)24(32)30-9-6-17(7-10-30)8-11-31/h3-5,15,17,20,27,29,31H,6-14,16,26H2,1-2H3. The topological polar surface area (TPSA) is 138 Å². The van der Waals surface area contributed by atoms with E-state index in [0.29, 0.717) is 36.2 Å². The number of rotatable bonds is 9. The number of amides is 1. The quantitative estimate of drug-likeness (QED) is 0.386. The van der Waals surface area contributed by atoms with Gasteiger partial charge in [-0.15, -0.1) is 11.3 Å². The summed E-state index contributed by atoms with van der Waals surface area (Å²) in [5.74, 6) is 0.135. The number of piperidine rings is 1. The average molecular weight is 536 g/mol. The molecule has 36 heavy (non-hydrogen) atoms. The molecule has 0 bridgehead atoms. The van der Waals surface area contributed by atoms with E-state index in [4.69, 9.17) is 5.73 Å². The highest BCUT2D eigenvalue weighted by Gasteiger charge is 2.35. The van der Waals surface area contributed by atoms with E-state index in [1.54, 1.807) is 17.0 Å². The number of nitrogens with zero attached hydrogens (tertiary/aromatic N) is 2. The van der Waals surface area contributed by atoms with Gasteiger partial charge in [-0.1, -0.05) is 26.0 Å². The summed E-state index contributed by atoms with van der Waals surface area (Å²) in [4.78, 5) is 20.0. The number of nitrogens with one attached hydrogen (secondary N) is 2. The lowest BCUT2D eigenvalue weighted by molar-refractivity contribution is -0.134. The molecule has 0 aliphatic carbocycles. The Balaban J connectivity index is 1.58. The number of carbonyl (C=O) groups excluding carboxylic acids is 1. The summed E-state index contributed by atoms with van der Waals surface area (Å²) in [5, 5.41) is 15.1. The Labute approximate surface area is 217 Å². The highest BCUT2D eigenvalue weighted by atomic mass is 32.2. The zero-order valence-corrected chi connectivity index (χ0v) is 22.6. The summed E-state index contributed by atoms with van der Waals surface area (Å²) in [7, 11) is -4.00. The van der Waals surface area contributed by atoms with Crippen LogP contribution in [0, 0.1) is 11.3 Å². The summed E-state index contributed by atoms with van der Waals surface area (Å²) in [6.45, 7) is 6.47. The molecule has 11 heteroatoms. The molecule has 1 fully saturated rings. The Morgan fingerprint density at radius 2 is 2.11 bits per heavy atom. The largest absolute Gasteiger partial charge is 0.396 e. The highest BCUT2D eigenvalue weighted by Crippen LogP contribution is 2.36. The molecule has 1 atom stereocenters. The maximum Gasteiger partial charge on any atom is 0.243 e. The van der Waals surface area contributed by atoms with E-state index >= 15 is 0 Å². The molecule has 2 aliphatic heterocycles. The van der Waals surface area contributed by atoms with Crippen LogP contribution < -0.4 is 15.8 Å². The number of benzene rings is 1. The Kier molecular flexibility index (Phi) is 8.35.